The van der Waals surface area contributed by atoms with E-state index in [0.29, 0.717) is 0 Å². The summed E-state index contributed by atoms with van der Waals surface area (Å²) < 4.78 is 36.8. The van der Waals surface area contributed by atoms with E-state index in [1.54, 1.807) is 0 Å². The van der Waals surface area contributed by atoms with E-state index in [2.05, 4.69) is 10.1 Å². The summed E-state index contributed by atoms with van der Waals surface area (Å²) in [7, 11) is 0. The monoisotopic (exact) mass is 202 g/mol. The number of rotatable bonds is 0. The fraction of sp³-hybridized carbons (Fsp3) is 0.143. The van der Waals surface area contributed by atoms with Crippen molar-refractivity contribution in [1.82, 2.24) is 14.8 Å². The largest absolute Gasteiger partial charge is 0.506 e. The van der Waals surface area contributed by atoms with Gasteiger partial charge in [-0.05, 0) is 6.07 Å². The lowest BCUT2D eigenvalue weighted by atomic mass is 10.3. The Morgan fingerprint density at radius 2 is 2.07 bits per heavy atom. The van der Waals surface area contributed by atoms with Crippen LogP contribution in [0.1, 0.15) is 0 Å². The van der Waals surface area contributed by atoms with E-state index < -0.39 is 6.30 Å². The molecule has 2 rings (SSSR count). The van der Waals surface area contributed by atoms with E-state index in [9.17, 15) is 13.2 Å². The summed E-state index contributed by atoms with van der Waals surface area (Å²) in [5.41, 5.74) is 5.40. The average Bonchev–Trinajstić information content (AvgIpc) is 2.47. The number of fused-ring (bicyclic) bond motifs is 1. The minimum Gasteiger partial charge on any atom is -0.398 e. The molecular formula is C7H5F3N4. The molecular weight excluding hydrogens is 197 g/mol. The lowest BCUT2D eigenvalue weighted by molar-refractivity contribution is -0.209. The molecule has 0 bridgehead atoms. The van der Waals surface area contributed by atoms with E-state index >= 15 is 0 Å². The molecule has 74 valence electrons. The maximum absolute atomic E-state index is 12.3. The van der Waals surface area contributed by atoms with Crippen molar-refractivity contribution in [1.29, 1.82) is 0 Å². The second-order valence-electron chi connectivity index (χ2n) is 2.66. The van der Waals surface area contributed by atoms with Gasteiger partial charge >= 0.3 is 6.30 Å². The molecule has 0 aromatic carbocycles. The topological polar surface area (TPSA) is 56.7 Å². The molecule has 2 N–H and O–H groups in total. The van der Waals surface area contributed by atoms with Crippen molar-refractivity contribution in [3.05, 3.63) is 18.5 Å². The maximum atomic E-state index is 12.3. The first-order valence-corrected chi connectivity index (χ1v) is 3.65. The van der Waals surface area contributed by atoms with Crippen molar-refractivity contribution in [3.63, 3.8) is 0 Å². The van der Waals surface area contributed by atoms with Crippen LogP contribution in [0.25, 0.3) is 11.0 Å². The molecule has 0 fully saturated rings. The Bertz CT molecular complexity index is 473. The Morgan fingerprint density at radius 1 is 1.36 bits per heavy atom. The van der Waals surface area contributed by atoms with Gasteiger partial charge in [0.05, 0.1) is 11.6 Å². The number of nitrogens with zero attached hydrogens (tertiary/aromatic N) is 3. The third-order valence-electron chi connectivity index (χ3n) is 1.75. The molecule has 0 unspecified atom stereocenters. The number of alkyl halides is 3. The van der Waals surface area contributed by atoms with E-state index in [1.165, 1.54) is 12.3 Å². The third-order valence-corrected chi connectivity index (χ3v) is 1.75. The SMILES string of the molecule is Nc1ccnc2c1cnn2C(F)(F)F. The van der Waals surface area contributed by atoms with Crippen LogP contribution in [0.15, 0.2) is 18.5 Å². The van der Waals surface area contributed by atoms with Crippen molar-refractivity contribution in [2.75, 3.05) is 5.73 Å². The van der Waals surface area contributed by atoms with E-state index in [1.807, 2.05) is 0 Å². The predicted molar refractivity (Wildman–Crippen MR) is 43.2 cm³/mol. The van der Waals surface area contributed by atoms with Gasteiger partial charge in [0.15, 0.2) is 5.65 Å². The molecule has 0 aliphatic carbocycles. The van der Waals surface area contributed by atoms with Crippen LogP contribution >= 0.6 is 0 Å². The summed E-state index contributed by atoms with van der Waals surface area (Å²) in [4.78, 5) is 3.57. The third kappa shape index (κ3) is 1.17. The Hall–Kier alpha value is -1.79. The lowest BCUT2D eigenvalue weighted by Crippen LogP contribution is -2.18. The molecule has 2 aromatic rings. The number of hydrogen-bond donors (Lipinski definition) is 1. The first-order valence-electron chi connectivity index (χ1n) is 3.65. The first kappa shape index (κ1) is 8.79. The van der Waals surface area contributed by atoms with Gasteiger partial charge in [0.1, 0.15) is 0 Å². The van der Waals surface area contributed by atoms with E-state index in [0.717, 1.165) is 6.20 Å². The quantitative estimate of drug-likeness (QED) is 0.704. The molecule has 0 aliphatic heterocycles. The van der Waals surface area contributed by atoms with Crippen molar-refractivity contribution in [2.45, 2.75) is 6.30 Å². The molecule has 0 atom stereocenters. The first-order chi connectivity index (χ1) is 6.50. The number of aromatic nitrogens is 3. The fourth-order valence-corrected chi connectivity index (χ4v) is 1.13. The molecule has 0 aliphatic rings. The van der Waals surface area contributed by atoms with Gasteiger partial charge in [-0.15, -0.1) is 13.2 Å². The molecule has 7 heteroatoms. The van der Waals surface area contributed by atoms with Crippen molar-refractivity contribution in [3.8, 4) is 0 Å². The van der Waals surface area contributed by atoms with Gasteiger partial charge in [0, 0.05) is 11.9 Å². The molecule has 4 nitrogen and oxygen atoms in total. The van der Waals surface area contributed by atoms with Gasteiger partial charge in [0.25, 0.3) is 0 Å². The zero-order valence-electron chi connectivity index (χ0n) is 6.78. The van der Waals surface area contributed by atoms with Crippen LogP contribution in [0.3, 0.4) is 0 Å². The van der Waals surface area contributed by atoms with Gasteiger partial charge in [-0.2, -0.15) is 9.78 Å². The Morgan fingerprint density at radius 3 is 2.71 bits per heavy atom. The zero-order valence-corrected chi connectivity index (χ0v) is 6.78. The Labute approximate surface area is 76.1 Å². The summed E-state index contributed by atoms with van der Waals surface area (Å²) in [6.07, 6.45) is -2.31. The van der Waals surface area contributed by atoms with Gasteiger partial charge in [-0.3, -0.25) is 0 Å². The van der Waals surface area contributed by atoms with E-state index in [4.69, 9.17) is 5.73 Å². The smallest absolute Gasteiger partial charge is 0.398 e. The standard InChI is InChI=1S/C7H5F3N4/c8-7(9,10)14-6-4(3-13-14)5(11)1-2-12-6/h1-3H,(H2,11,12). The number of nitrogens with two attached hydrogens (primary N) is 1. The number of hydrogen-bond acceptors (Lipinski definition) is 3. The minimum atomic E-state index is -4.57. The molecule has 14 heavy (non-hydrogen) atoms. The fourth-order valence-electron chi connectivity index (χ4n) is 1.13. The second-order valence-corrected chi connectivity index (χ2v) is 2.66. The summed E-state index contributed by atoms with van der Waals surface area (Å²) in [6, 6.07) is 1.42. The van der Waals surface area contributed by atoms with Crippen LogP contribution in [-0.4, -0.2) is 14.8 Å². The van der Waals surface area contributed by atoms with Crippen molar-refractivity contribution < 1.29 is 13.2 Å². The minimum absolute atomic E-state index is 0.112. The van der Waals surface area contributed by atoms with Crippen LogP contribution in [0.5, 0.6) is 0 Å². The highest BCUT2D eigenvalue weighted by Gasteiger charge is 2.34. The van der Waals surface area contributed by atoms with Crippen LogP contribution < -0.4 is 5.73 Å². The van der Waals surface area contributed by atoms with Crippen LogP contribution in [-0.2, 0) is 6.30 Å². The van der Waals surface area contributed by atoms with Crippen molar-refractivity contribution >= 4 is 16.7 Å². The summed E-state index contributed by atoms with van der Waals surface area (Å²) in [6.45, 7) is 0. The van der Waals surface area contributed by atoms with Gasteiger partial charge in [-0.1, -0.05) is 0 Å². The van der Waals surface area contributed by atoms with Crippen LogP contribution in [0.4, 0.5) is 18.9 Å². The van der Waals surface area contributed by atoms with Gasteiger partial charge in [-0.25, -0.2) is 4.98 Å². The maximum Gasteiger partial charge on any atom is 0.506 e. The molecule has 2 aromatic heterocycles. The molecule has 0 radical (unpaired) electrons. The predicted octanol–water partition coefficient (Wildman–Crippen LogP) is 1.49. The summed E-state index contributed by atoms with van der Waals surface area (Å²) in [5, 5.41) is 3.38. The Balaban J connectivity index is 2.76. The van der Waals surface area contributed by atoms with Gasteiger partial charge in [0.2, 0.25) is 0 Å². The average molecular weight is 202 g/mol. The number of anilines is 1. The summed E-state index contributed by atoms with van der Waals surface area (Å²) >= 11 is 0. The highest BCUT2D eigenvalue weighted by molar-refractivity contribution is 5.87. The lowest BCUT2D eigenvalue weighted by Gasteiger charge is -2.05. The molecule has 0 saturated heterocycles. The number of pyridine rings is 1. The highest BCUT2D eigenvalue weighted by Crippen LogP contribution is 2.27. The Kier molecular flexibility index (Phi) is 1.63. The molecule has 0 amide bonds. The second kappa shape index (κ2) is 2.60. The van der Waals surface area contributed by atoms with Crippen LogP contribution in [0, 0.1) is 0 Å². The zero-order chi connectivity index (χ0) is 10.3. The molecule has 0 saturated carbocycles. The van der Waals surface area contributed by atoms with E-state index in [-0.39, 0.29) is 21.4 Å². The molecule has 2 heterocycles. The van der Waals surface area contributed by atoms with Crippen LogP contribution in [0.2, 0.25) is 0 Å². The summed E-state index contributed by atoms with van der Waals surface area (Å²) in [5.74, 6) is 0. The number of nitrogen functional groups attached to an aromatic ring is 1. The van der Waals surface area contributed by atoms with Crippen molar-refractivity contribution in [2.24, 2.45) is 0 Å². The normalized spacial score (nSPS) is 12.2. The van der Waals surface area contributed by atoms with Gasteiger partial charge < -0.3 is 5.73 Å². The molecule has 0 spiro atoms. The highest BCUT2D eigenvalue weighted by atomic mass is 19.4. The number of halogens is 3.